The molecular formula is C9H22N2O4S. The average molecular weight is 254 g/mol. The molecule has 0 bridgehead atoms. The summed E-state index contributed by atoms with van der Waals surface area (Å²) in [7, 11) is 0.0842. The van der Waals surface area contributed by atoms with Crippen molar-refractivity contribution in [2.45, 2.75) is 25.7 Å². The molecule has 0 heterocycles. The zero-order valence-corrected chi connectivity index (χ0v) is 11.1. The minimum atomic E-state index is -3.08. The third-order valence-corrected chi connectivity index (χ3v) is 2.79. The van der Waals surface area contributed by atoms with Crippen molar-refractivity contribution in [2.24, 2.45) is 0 Å². The number of sulfonamides is 1. The maximum atomic E-state index is 10.8. The fourth-order valence-electron chi connectivity index (χ4n) is 1.28. The van der Waals surface area contributed by atoms with E-state index in [2.05, 4.69) is 10.0 Å². The molecule has 0 aromatic heterocycles. The van der Waals surface area contributed by atoms with Crippen LogP contribution in [0.2, 0.25) is 0 Å². The molecule has 7 heteroatoms. The van der Waals surface area contributed by atoms with Crippen molar-refractivity contribution in [3.05, 3.63) is 0 Å². The summed E-state index contributed by atoms with van der Waals surface area (Å²) in [5, 5.41) is 3.19. The Morgan fingerprint density at radius 1 is 1.19 bits per heavy atom. The van der Waals surface area contributed by atoms with E-state index in [0.717, 1.165) is 12.7 Å². The zero-order chi connectivity index (χ0) is 12.6. The van der Waals surface area contributed by atoms with Gasteiger partial charge in [-0.15, -0.1) is 0 Å². The van der Waals surface area contributed by atoms with Crippen LogP contribution in [0, 0.1) is 0 Å². The molecule has 0 amide bonds. The van der Waals surface area contributed by atoms with Crippen molar-refractivity contribution in [3.8, 4) is 0 Å². The fraction of sp³-hybridized carbons (Fsp3) is 1.00. The molecule has 0 aromatic rings. The van der Waals surface area contributed by atoms with Crippen LogP contribution in [0.15, 0.2) is 0 Å². The number of hydrogen-bond acceptors (Lipinski definition) is 5. The van der Waals surface area contributed by atoms with Gasteiger partial charge in [0.2, 0.25) is 10.0 Å². The second-order valence-electron chi connectivity index (χ2n) is 3.60. The summed E-state index contributed by atoms with van der Waals surface area (Å²) < 4.78 is 34.1. The van der Waals surface area contributed by atoms with Crippen LogP contribution in [-0.2, 0) is 19.5 Å². The smallest absolute Gasteiger partial charge is 0.208 e. The van der Waals surface area contributed by atoms with Gasteiger partial charge in [-0.1, -0.05) is 0 Å². The zero-order valence-electron chi connectivity index (χ0n) is 10.3. The van der Waals surface area contributed by atoms with E-state index >= 15 is 0 Å². The molecule has 6 nitrogen and oxygen atoms in total. The van der Waals surface area contributed by atoms with Crippen molar-refractivity contribution >= 4 is 10.0 Å². The molecule has 1 atom stereocenters. The molecule has 1 unspecified atom stereocenters. The number of hydrogen-bond donors (Lipinski definition) is 2. The summed E-state index contributed by atoms with van der Waals surface area (Å²) in [6, 6.07) is 0.0632. The second kappa shape index (κ2) is 7.97. The third kappa shape index (κ3) is 8.00. The van der Waals surface area contributed by atoms with Gasteiger partial charge >= 0.3 is 0 Å². The van der Waals surface area contributed by atoms with Crippen LogP contribution in [0.3, 0.4) is 0 Å². The number of methoxy groups -OCH3 is 2. The molecular weight excluding hydrogens is 232 g/mol. The first kappa shape index (κ1) is 15.8. The Morgan fingerprint density at radius 2 is 1.75 bits per heavy atom. The summed E-state index contributed by atoms with van der Waals surface area (Å²) in [6.07, 6.45) is 1.58. The van der Waals surface area contributed by atoms with E-state index in [1.165, 1.54) is 0 Å². The molecule has 0 aliphatic carbocycles. The Hall–Kier alpha value is -0.210. The normalized spacial score (nSPS) is 14.3. The highest BCUT2D eigenvalue weighted by molar-refractivity contribution is 7.88. The summed E-state index contributed by atoms with van der Waals surface area (Å²) in [5.74, 6) is 0. The largest absolute Gasteiger partial charge is 0.354 e. The van der Waals surface area contributed by atoms with Gasteiger partial charge in [-0.2, -0.15) is 0 Å². The summed E-state index contributed by atoms with van der Waals surface area (Å²) in [6.45, 7) is 3.08. The highest BCUT2D eigenvalue weighted by Crippen LogP contribution is 1.97. The maximum Gasteiger partial charge on any atom is 0.208 e. The van der Waals surface area contributed by atoms with Crippen LogP contribution in [0.25, 0.3) is 0 Å². The Bertz CT molecular complexity index is 265. The summed E-state index contributed by atoms with van der Waals surface area (Å²) in [5.41, 5.74) is 0. The Balaban J connectivity index is 3.58. The molecule has 0 rings (SSSR count). The van der Waals surface area contributed by atoms with Gasteiger partial charge in [0.05, 0.1) is 12.3 Å². The molecule has 16 heavy (non-hydrogen) atoms. The molecule has 0 saturated carbocycles. The van der Waals surface area contributed by atoms with Gasteiger partial charge in [0.15, 0.2) is 6.29 Å². The second-order valence-corrected chi connectivity index (χ2v) is 5.44. The monoisotopic (exact) mass is 254 g/mol. The Morgan fingerprint density at radius 3 is 2.19 bits per heavy atom. The van der Waals surface area contributed by atoms with E-state index < -0.39 is 10.0 Å². The van der Waals surface area contributed by atoms with Crippen molar-refractivity contribution in [1.82, 2.24) is 10.0 Å². The number of ether oxygens (including phenoxy) is 2. The number of nitrogens with one attached hydrogen (secondary N) is 2. The predicted molar refractivity (Wildman–Crippen MR) is 62.7 cm³/mol. The molecule has 0 aromatic carbocycles. The van der Waals surface area contributed by atoms with Crippen molar-refractivity contribution in [2.75, 3.05) is 33.6 Å². The Kier molecular flexibility index (Phi) is 7.86. The SMILES string of the molecule is COC(OC)C(C)NCCCNS(C)(=O)=O. The molecule has 98 valence electrons. The lowest BCUT2D eigenvalue weighted by Crippen LogP contribution is -2.40. The first-order valence-corrected chi connectivity index (χ1v) is 7.03. The minimum absolute atomic E-state index is 0.0632. The molecule has 0 aliphatic rings. The third-order valence-electron chi connectivity index (χ3n) is 2.06. The van der Waals surface area contributed by atoms with Gasteiger partial charge in [-0.05, 0) is 19.9 Å². The lowest BCUT2D eigenvalue weighted by Gasteiger charge is -2.22. The minimum Gasteiger partial charge on any atom is -0.354 e. The van der Waals surface area contributed by atoms with Gasteiger partial charge in [0.25, 0.3) is 0 Å². The molecule has 0 radical (unpaired) electrons. The van der Waals surface area contributed by atoms with Gasteiger partial charge in [-0.25, -0.2) is 13.1 Å². The van der Waals surface area contributed by atoms with Crippen LogP contribution < -0.4 is 10.0 Å². The molecule has 0 spiro atoms. The molecule has 0 fully saturated rings. The van der Waals surface area contributed by atoms with Crippen LogP contribution >= 0.6 is 0 Å². The van der Waals surface area contributed by atoms with Crippen molar-refractivity contribution in [3.63, 3.8) is 0 Å². The molecule has 2 N–H and O–H groups in total. The first-order valence-electron chi connectivity index (χ1n) is 5.14. The van der Waals surface area contributed by atoms with E-state index in [1.807, 2.05) is 6.92 Å². The van der Waals surface area contributed by atoms with E-state index in [-0.39, 0.29) is 12.3 Å². The predicted octanol–water partition coefficient (Wildman–Crippen LogP) is -0.477. The van der Waals surface area contributed by atoms with Gasteiger partial charge in [0.1, 0.15) is 0 Å². The highest BCUT2D eigenvalue weighted by Gasteiger charge is 2.14. The van der Waals surface area contributed by atoms with Gasteiger partial charge in [0, 0.05) is 20.8 Å². The summed E-state index contributed by atoms with van der Waals surface area (Å²) in [4.78, 5) is 0. The van der Waals surface area contributed by atoms with Crippen LogP contribution in [0.5, 0.6) is 0 Å². The number of rotatable bonds is 9. The summed E-state index contributed by atoms with van der Waals surface area (Å²) >= 11 is 0. The van der Waals surface area contributed by atoms with Crippen molar-refractivity contribution in [1.29, 1.82) is 0 Å². The lowest BCUT2D eigenvalue weighted by molar-refractivity contribution is -0.119. The highest BCUT2D eigenvalue weighted by atomic mass is 32.2. The molecule has 0 saturated heterocycles. The van der Waals surface area contributed by atoms with E-state index in [4.69, 9.17) is 9.47 Å². The average Bonchev–Trinajstić information content (AvgIpc) is 2.17. The lowest BCUT2D eigenvalue weighted by atomic mass is 10.3. The van der Waals surface area contributed by atoms with Crippen LogP contribution in [-0.4, -0.2) is 54.3 Å². The van der Waals surface area contributed by atoms with Crippen LogP contribution in [0.1, 0.15) is 13.3 Å². The van der Waals surface area contributed by atoms with E-state index in [9.17, 15) is 8.42 Å². The first-order chi connectivity index (χ1) is 7.40. The Labute approximate surface area is 97.7 Å². The quantitative estimate of drug-likeness (QED) is 0.429. The fourth-order valence-corrected chi connectivity index (χ4v) is 1.79. The van der Waals surface area contributed by atoms with Crippen LogP contribution in [0.4, 0.5) is 0 Å². The van der Waals surface area contributed by atoms with Crippen molar-refractivity contribution < 1.29 is 17.9 Å². The van der Waals surface area contributed by atoms with E-state index in [1.54, 1.807) is 14.2 Å². The topological polar surface area (TPSA) is 76.7 Å². The molecule has 0 aliphatic heterocycles. The maximum absolute atomic E-state index is 10.8. The van der Waals surface area contributed by atoms with Gasteiger partial charge < -0.3 is 14.8 Å². The van der Waals surface area contributed by atoms with E-state index in [0.29, 0.717) is 13.1 Å². The van der Waals surface area contributed by atoms with Gasteiger partial charge in [-0.3, -0.25) is 0 Å². The standard InChI is InChI=1S/C9H22N2O4S/c1-8(9(14-2)15-3)10-6-5-7-11-16(4,12)13/h8-11H,5-7H2,1-4H3.